The first-order chi connectivity index (χ1) is 12.3. The number of hydrazone groups is 1. The largest absolute Gasteiger partial charge is 0.486 e. The summed E-state index contributed by atoms with van der Waals surface area (Å²) >= 11 is 0. The Morgan fingerprint density at radius 2 is 2.00 bits per heavy atom. The minimum atomic E-state index is -0.168. The van der Waals surface area contributed by atoms with Crippen molar-refractivity contribution < 1.29 is 14.3 Å². The van der Waals surface area contributed by atoms with Gasteiger partial charge in [-0.1, -0.05) is 18.2 Å². The second-order valence-corrected chi connectivity index (χ2v) is 5.73. The molecule has 1 aliphatic heterocycles. The molecule has 1 aromatic heterocycles. The van der Waals surface area contributed by atoms with Gasteiger partial charge in [0.15, 0.2) is 11.5 Å². The van der Waals surface area contributed by atoms with Gasteiger partial charge in [0.1, 0.15) is 13.2 Å². The lowest BCUT2D eigenvalue weighted by atomic mass is 10.1. The van der Waals surface area contributed by atoms with E-state index in [4.69, 9.17) is 9.47 Å². The number of rotatable bonds is 4. The fourth-order valence-corrected chi connectivity index (χ4v) is 2.81. The summed E-state index contributed by atoms with van der Waals surface area (Å²) in [6.07, 6.45) is 3.71. The Bertz CT molecular complexity index is 946. The molecule has 0 radical (unpaired) electrons. The van der Waals surface area contributed by atoms with E-state index >= 15 is 0 Å². The van der Waals surface area contributed by atoms with Crippen LogP contribution in [0.4, 0.5) is 0 Å². The number of nitrogens with zero attached hydrogens (tertiary/aromatic N) is 1. The lowest BCUT2D eigenvalue weighted by Crippen LogP contribution is -2.19. The van der Waals surface area contributed by atoms with E-state index in [9.17, 15) is 4.79 Å². The molecule has 0 spiro atoms. The highest BCUT2D eigenvalue weighted by Gasteiger charge is 2.11. The molecule has 126 valence electrons. The molecule has 2 heterocycles. The lowest BCUT2D eigenvalue weighted by molar-refractivity contribution is -0.120. The Labute approximate surface area is 144 Å². The van der Waals surface area contributed by atoms with Gasteiger partial charge in [-0.25, -0.2) is 5.43 Å². The Morgan fingerprint density at radius 3 is 2.92 bits per heavy atom. The zero-order valence-corrected chi connectivity index (χ0v) is 13.5. The standard InChI is InChI=1S/C19H17N3O3/c23-19(10-14-12-20-16-4-2-1-3-15(14)16)22-21-11-13-5-6-17-18(9-13)25-8-7-24-17/h1-6,9,11-12,20H,7-8,10H2,(H,22,23). The highest BCUT2D eigenvalue weighted by molar-refractivity contribution is 5.89. The van der Waals surface area contributed by atoms with Crippen LogP contribution in [0.3, 0.4) is 0 Å². The summed E-state index contributed by atoms with van der Waals surface area (Å²) in [5.74, 6) is 1.26. The topological polar surface area (TPSA) is 75.7 Å². The number of para-hydroxylation sites is 1. The first-order valence-corrected chi connectivity index (χ1v) is 8.06. The Hall–Kier alpha value is -3.28. The third kappa shape index (κ3) is 3.33. The molecule has 2 aromatic carbocycles. The molecule has 3 aromatic rings. The number of hydrogen-bond acceptors (Lipinski definition) is 4. The molecule has 6 nitrogen and oxygen atoms in total. The van der Waals surface area contributed by atoms with Crippen molar-refractivity contribution in [2.45, 2.75) is 6.42 Å². The van der Waals surface area contributed by atoms with Crippen molar-refractivity contribution in [1.29, 1.82) is 0 Å². The number of H-pyrrole nitrogens is 1. The number of hydrogen-bond donors (Lipinski definition) is 2. The van der Waals surface area contributed by atoms with E-state index in [0.29, 0.717) is 19.0 Å². The fraction of sp³-hybridized carbons (Fsp3) is 0.158. The van der Waals surface area contributed by atoms with Gasteiger partial charge in [-0.05, 0) is 35.4 Å². The highest BCUT2D eigenvalue weighted by atomic mass is 16.6. The van der Waals surface area contributed by atoms with Gasteiger partial charge in [0, 0.05) is 17.1 Å². The van der Waals surface area contributed by atoms with Gasteiger partial charge < -0.3 is 14.5 Å². The van der Waals surface area contributed by atoms with Crippen LogP contribution >= 0.6 is 0 Å². The monoisotopic (exact) mass is 335 g/mol. The molecule has 0 atom stereocenters. The van der Waals surface area contributed by atoms with Crippen LogP contribution < -0.4 is 14.9 Å². The van der Waals surface area contributed by atoms with E-state index in [0.717, 1.165) is 27.8 Å². The average Bonchev–Trinajstić information content (AvgIpc) is 3.05. The van der Waals surface area contributed by atoms with Crippen molar-refractivity contribution in [3.8, 4) is 11.5 Å². The number of carbonyl (C=O) groups excluding carboxylic acids is 1. The summed E-state index contributed by atoms with van der Waals surface area (Å²) in [5, 5.41) is 5.07. The molecule has 0 saturated carbocycles. The third-order valence-electron chi connectivity index (χ3n) is 4.00. The number of ether oxygens (including phenoxy) is 2. The summed E-state index contributed by atoms with van der Waals surface area (Å²) < 4.78 is 11.0. The van der Waals surface area contributed by atoms with Crippen molar-refractivity contribution in [1.82, 2.24) is 10.4 Å². The van der Waals surface area contributed by atoms with Gasteiger partial charge >= 0.3 is 0 Å². The van der Waals surface area contributed by atoms with E-state index in [-0.39, 0.29) is 12.3 Å². The highest BCUT2D eigenvalue weighted by Crippen LogP contribution is 2.30. The van der Waals surface area contributed by atoms with Gasteiger partial charge in [-0.15, -0.1) is 0 Å². The SMILES string of the molecule is O=C(Cc1c[nH]c2ccccc12)NN=Cc1ccc2c(c1)OCCO2. The second-order valence-electron chi connectivity index (χ2n) is 5.73. The van der Waals surface area contributed by atoms with E-state index in [2.05, 4.69) is 15.5 Å². The Balaban J connectivity index is 1.39. The zero-order chi connectivity index (χ0) is 17.1. The number of amides is 1. The maximum atomic E-state index is 12.1. The quantitative estimate of drug-likeness (QED) is 0.568. The van der Waals surface area contributed by atoms with Crippen molar-refractivity contribution >= 4 is 23.0 Å². The predicted molar refractivity (Wildman–Crippen MR) is 95.2 cm³/mol. The van der Waals surface area contributed by atoms with Crippen LogP contribution in [0.2, 0.25) is 0 Å². The number of carbonyl (C=O) groups is 1. The summed E-state index contributed by atoms with van der Waals surface area (Å²) in [7, 11) is 0. The average molecular weight is 335 g/mol. The molecule has 0 aliphatic carbocycles. The van der Waals surface area contributed by atoms with Crippen LogP contribution in [-0.2, 0) is 11.2 Å². The van der Waals surface area contributed by atoms with Gasteiger partial charge in [0.25, 0.3) is 0 Å². The number of benzene rings is 2. The van der Waals surface area contributed by atoms with Gasteiger partial charge in [0.2, 0.25) is 5.91 Å². The summed E-state index contributed by atoms with van der Waals surface area (Å²) in [5.41, 5.74) is 5.35. The maximum Gasteiger partial charge on any atom is 0.244 e. The molecule has 25 heavy (non-hydrogen) atoms. The third-order valence-corrected chi connectivity index (χ3v) is 4.00. The number of fused-ring (bicyclic) bond motifs is 2. The number of nitrogens with one attached hydrogen (secondary N) is 2. The first-order valence-electron chi connectivity index (χ1n) is 8.06. The van der Waals surface area contributed by atoms with Crippen LogP contribution in [-0.4, -0.2) is 30.3 Å². The van der Waals surface area contributed by atoms with Crippen LogP contribution in [0, 0.1) is 0 Å². The van der Waals surface area contributed by atoms with Crippen LogP contribution in [0.25, 0.3) is 10.9 Å². The van der Waals surface area contributed by atoms with Crippen molar-refractivity contribution in [3.05, 3.63) is 59.8 Å². The lowest BCUT2D eigenvalue weighted by Gasteiger charge is -2.18. The molecule has 0 saturated heterocycles. The summed E-state index contributed by atoms with van der Waals surface area (Å²) in [4.78, 5) is 15.3. The summed E-state index contributed by atoms with van der Waals surface area (Å²) in [6, 6.07) is 13.4. The van der Waals surface area contributed by atoms with E-state index in [1.807, 2.05) is 48.7 Å². The molecule has 0 bridgehead atoms. The van der Waals surface area contributed by atoms with Crippen molar-refractivity contribution in [2.24, 2.45) is 5.10 Å². The van der Waals surface area contributed by atoms with Crippen molar-refractivity contribution in [2.75, 3.05) is 13.2 Å². The minimum absolute atomic E-state index is 0.168. The zero-order valence-electron chi connectivity index (χ0n) is 13.5. The van der Waals surface area contributed by atoms with Crippen LogP contribution in [0.15, 0.2) is 53.8 Å². The molecule has 0 fully saturated rings. The molecular weight excluding hydrogens is 318 g/mol. The molecule has 4 rings (SSSR count). The number of aromatic nitrogens is 1. The van der Waals surface area contributed by atoms with Crippen molar-refractivity contribution in [3.63, 3.8) is 0 Å². The van der Waals surface area contributed by atoms with Gasteiger partial charge in [0.05, 0.1) is 12.6 Å². The Kier molecular flexibility index (Phi) is 4.08. The van der Waals surface area contributed by atoms with E-state index in [1.54, 1.807) is 6.21 Å². The van der Waals surface area contributed by atoms with Gasteiger partial charge in [-0.3, -0.25) is 4.79 Å². The molecule has 1 aliphatic rings. The summed E-state index contributed by atoms with van der Waals surface area (Å²) in [6.45, 7) is 1.10. The molecule has 6 heteroatoms. The minimum Gasteiger partial charge on any atom is -0.486 e. The fourth-order valence-electron chi connectivity index (χ4n) is 2.81. The second kappa shape index (κ2) is 6.68. The molecule has 0 unspecified atom stereocenters. The Morgan fingerprint density at radius 1 is 1.16 bits per heavy atom. The number of aromatic amines is 1. The molecular formula is C19H17N3O3. The van der Waals surface area contributed by atoms with Gasteiger partial charge in [-0.2, -0.15) is 5.10 Å². The van der Waals surface area contributed by atoms with E-state index < -0.39 is 0 Å². The molecule has 1 amide bonds. The normalized spacial score (nSPS) is 13.3. The molecule has 2 N–H and O–H groups in total. The van der Waals surface area contributed by atoms with Crippen LogP contribution in [0.5, 0.6) is 11.5 Å². The smallest absolute Gasteiger partial charge is 0.244 e. The van der Waals surface area contributed by atoms with Crippen LogP contribution in [0.1, 0.15) is 11.1 Å². The van der Waals surface area contributed by atoms with E-state index in [1.165, 1.54) is 0 Å². The maximum absolute atomic E-state index is 12.1. The predicted octanol–water partition coefficient (Wildman–Crippen LogP) is 2.63. The first kappa shape index (κ1) is 15.3.